The van der Waals surface area contributed by atoms with Gasteiger partial charge in [-0.1, -0.05) is 51.1 Å². The fraction of sp³-hybridized carbons (Fsp3) is 0.222. The first kappa shape index (κ1) is 22.3. The van der Waals surface area contributed by atoms with Crippen LogP contribution in [0.4, 0.5) is 5.69 Å². The summed E-state index contributed by atoms with van der Waals surface area (Å²) in [5, 5.41) is 11.9. The number of nitrogens with zero attached hydrogens (tertiary/aromatic N) is 2. The van der Waals surface area contributed by atoms with E-state index >= 15 is 0 Å². The van der Waals surface area contributed by atoms with Gasteiger partial charge in [0.05, 0.1) is 17.0 Å². The Morgan fingerprint density at radius 1 is 0.939 bits per heavy atom. The number of ether oxygens (including phenoxy) is 1. The Morgan fingerprint density at radius 2 is 1.58 bits per heavy atom. The molecule has 0 aliphatic heterocycles. The molecule has 4 aromatic rings. The zero-order valence-corrected chi connectivity index (χ0v) is 19.2. The van der Waals surface area contributed by atoms with E-state index in [1.165, 1.54) is 17.7 Å². The topological polar surface area (TPSA) is 74.4 Å². The molecule has 0 fully saturated rings. The van der Waals surface area contributed by atoms with Crippen LogP contribution >= 0.6 is 0 Å². The Kier molecular flexibility index (Phi) is 5.77. The zero-order chi connectivity index (χ0) is 23.8. The summed E-state index contributed by atoms with van der Waals surface area (Å²) in [4.78, 5) is 23.3. The average Bonchev–Trinajstić information content (AvgIpc) is 3.17. The zero-order valence-electron chi connectivity index (χ0n) is 19.2. The maximum absolute atomic E-state index is 12.7. The lowest BCUT2D eigenvalue weighted by atomic mass is 9.86. The first-order valence-corrected chi connectivity index (χ1v) is 10.9. The van der Waals surface area contributed by atoms with Gasteiger partial charge in [-0.25, -0.2) is 4.79 Å². The number of non-ortho nitro benzene ring substituents is 1. The fourth-order valence-electron chi connectivity index (χ4n) is 3.91. The van der Waals surface area contributed by atoms with Gasteiger partial charge in [-0.15, -0.1) is 0 Å². The number of hydrogen-bond donors (Lipinski definition) is 0. The van der Waals surface area contributed by atoms with Gasteiger partial charge in [-0.3, -0.25) is 10.1 Å². The Hall–Kier alpha value is -3.93. The molecule has 0 saturated carbocycles. The van der Waals surface area contributed by atoms with Crippen LogP contribution in [0.2, 0.25) is 0 Å². The lowest BCUT2D eigenvalue weighted by Crippen LogP contribution is -2.11. The molecular formula is C27H26N2O4. The standard InChI is InChI=1S/C27H26N2O4/c1-5-33-26(30)25-17-20-16-19(18-6-9-21(10-7-18)27(2,3)4)8-15-24(20)28(25)22-11-13-23(14-12-22)29(31)32/h6-17H,5H2,1-4H3. The molecule has 4 rings (SSSR count). The molecule has 0 bridgehead atoms. The molecule has 0 saturated heterocycles. The molecule has 1 heterocycles. The van der Waals surface area contributed by atoms with Crippen molar-refractivity contribution in [2.75, 3.05) is 6.61 Å². The first-order chi connectivity index (χ1) is 15.7. The van der Waals surface area contributed by atoms with Crippen LogP contribution in [-0.4, -0.2) is 22.1 Å². The number of carbonyl (C=O) groups is 1. The van der Waals surface area contributed by atoms with Crippen LogP contribution in [0.1, 0.15) is 43.7 Å². The molecule has 0 aliphatic carbocycles. The van der Waals surface area contributed by atoms with E-state index in [4.69, 9.17) is 4.74 Å². The average molecular weight is 443 g/mol. The molecule has 6 heteroatoms. The lowest BCUT2D eigenvalue weighted by Gasteiger charge is -2.19. The van der Waals surface area contributed by atoms with Gasteiger partial charge in [0.25, 0.3) is 5.69 Å². The van der Waals surface area contributed by atoms with E-state index in [9.17, 15) is 14.9 Å². The molecule has 0 N–H and O–H groups in total. The molecule has 0 amide bonds. The molecule has 0 unspecified atom stereocenters. The van der Waals surface area contributed by atoms with E-state index < -0.39 is 10.9 Å². The molecule has 1 aromatic heterocycles. The van der Waals surface area contributed by atoms with Gasteiger partial charge in [-0.2, -0.15) is 0 Å². The maximum atomic E-state index is 12.7. The van der Waals surface area contributed by atoms with Crippen LogP contribution < -0.4 is 0 Å². The number of aromatic nitrogens is 1. The third-order valence-corrected chi connectivity index (χ3v) is 5.69. The molecular weight excluding hydrogens is 416 g/mol. The Labute approximate surface area is 192 Å². The minimum Gasteiger partial charge on any atom is -0.461 e. The van der Waals surface area contributed by atoms with Gasteiger partial charge < -0.3 is 9.30 Å². The number of esters is 1. The van der Waals surface area contributed by atoms with Gasteiger partial charge in [0.1, 0.15) is 5.69 Å². The number of rotatable bonds is 5. The minimum absolute atomic E-state index is 0.00566. The van der Waals surface area contributed by atoms with Crippen molar-refractivity contribution in [2.24, 2.45) is 0 Å². The summed E-state index contributed by atoms with van der Waals surface area (Å²) >= 11 is 0. The number of fused-ring (bicyclic) bond motifs is 1. The van der Waals surface area contributed by atoms with Crippen LogP contribution in [0.5, 0.6) is 0 Å². The largest absolute Gasteiger partial charge is 0.461 e. The van der Waals surface area contributed by atoms with Gasteiger partial charge in [0.2, 0.25) is 0 Å². The molecule has 33 heavy (non-hydrogen) atoms. The van der Waals surface area contributed by atoms with Crippen LogP contribution in [0.25, 0.3) is 27.7 Å². The second-order valence-corrected chi connectivity index (χ2v) is 8.96. The normalized spacial score (nSPS) is 11.5. The van der Waals surface area contributed by atoms with E-state index in [1.54, 1.807) is 23.6 Å². The summed E-state index contributed by atoms with van der Waals surface area (Å²) in [7, 11) is 0. The predicted molar refractivity (Wildman–Crippen MR) is 130 cm³/mol. The van der Waals surface area contributed by atoms with Crippen molar-refractivity contribution in [3.8, 4) is 16.8 Å². The second-order valence-electron chi connectivity index (χ2n) is 8.96. The highest BCUT2D eigenvalue weighted by Gasteiger charge is 2.19. The number of hydrogen-bond acceptors (Lipinski definition) is 4. The summed E-state index contributed by atoms with van der Waals surface area (Å²) in [6, 6.07) is 22.5. The summed E-state index contributed by atoms with van der Waals surface area (Å²) in [5.41, 5.74) is 5.32. The van der Waals surface area contributed by atoms with Crippen LogP contribution in [0, 0.1) is 10.1 Å². The number of nitro groups is 1. The smallest absolute Gasteiger partial charge is 0.355 e. The Morgan fingerprint density at radius 3 is 2.15 bits per heavy atom. The maximum Gasteiger partial charge on any atom is 0.355 e. The molecule has 0 atom stereocenters. The van der Waals surface area contributed by atoms with Crippen molar-refractivity contribution in [1.29, 1.82) is 0 Å². The van der Waals surface area contributed by atoms with Gasteiger partial charge >= 0.3 is 5.97 Å². The van der Waals surface area contributed by atoms with Crippen molar-refractivity contribution in [3.63, 3.8) is 0 Å². The SMILES string of the molecule is CCOC(=O)c1cc2cc(-c3ccc(C(C)(C)C)cc3)ccc2n1-c1ccc([N+](=O)[O-])cc1. The highest BCUT2D eigenvalue weighted by Crippen LogP contribution is 2.31. The Balaban J connectivity index is 1.82. The second kappa shape index (κ2) is 8.54. The van der Waals surface area contributed by atoms with Crippen molar-refractivity contribution in [2.45, 2.75) is 33.1 Å². The van der Waals surface area contributed by atoms with E-state index in [0.717, 1.165) is 22.0 Å². The quantitative estimate of drug-likeness (QED) is 0.196. The van der Waals surface area contributed by atoms with E-state index in [2.05, 4.69) is 45.0 Å². The highest BCUT2D eigenvalue weighted by molar-refractivity contribution is 5.98. The molecule has 168 valence electrons. The Bertz CT molecular complexity index is 1330. The monoisotopic (exact) mass is 442 g/mol. The third-order valence-electron chi connectivity index (χ3n) is 5.69. The third kappa shape index (κ3) is 4.37. The molecule has 0 spiro atoms. The lowest BCUT2D eigenvalue weighted by molar-refractivity contribution is -0.384. The van der Waals surface area contributed by atoms with Crippen molar-refractivity contribution < 1.29 is 14.5 Å². The van der Waals surface area contributed by atoms with Gasteiger partial charge in [0, 0.05) is 23.2 Å². The summed E-state index contributed by atoms with van der Waals surface area (Å²) < 4.78 is 7.05. The van der Waals surface area contributed by atoms with Gasteiger partial charge in [-0.05, 0) is 59.4 Å². The molecule has 0 aliphatic rings. The van der Waals surface area contributed by atoms with Crippen LogP contribution in [-0.2, 0) is 10.2 Å². The minimum atomic E-state index is -0.443. The van der Waals surface area contributed by atoms with Crippen LogP contribution in [0.15, 0.2) is 72.8 Å². The highest BCUT2D eigenvalue weighted by atomic mass is 16.6. The van der Waals surface area contributed by atoms with E-state index in [1.807, 2.05) is 24.3 Å². The van der Waals surface area contributed by atoms with Crippen molar-refractivity contribution in [1.82, 2.24) is 4.57 Å². The van der Waals surface area contributed by atoms with Crippen LogP contribution in [0.3, 0.4) is 0 Å². The van der Waals surface area contributed by atoms with E-state index in [0.29, 0.717) is 11.4 Å². The first-order valence-electron chi connectivity index (χ1n) is 10.9. The molecule has 3 aromatic carbocycles. The number of benzene rings is 3. The molecule has 6 nitrogen and oxygen atoms in total. The van der Waals surface area contributed by atoms with Crippen molar-refractivity contribution >= 4 is 22.6 Å². The van der Waals surface area contributed by atoms with E-state index in [-0.39, 0.29) is 17.7 Å². The fourth-order valence-corrected chi connectivity index (χ4v) is 3.91. The summed E-state index contributed by atoms with van der Waals surface area (Å²) in [6.45, 7) is 8.58. The van der Waals surface area contributed by atoms with Gasteiger partial charge in [0.15, 0.2) is 0 Å². The summed E-state index contributed by atoms with van der Waals surface area (Å²) in [5.74, 6) is -0.442. The van der Waals surface area contributed by atoms with Crippen molar-refractivity contribution in [3.05, 3.63) is 94.2 Å². The number of nitro benzene ring substituents is 1. The summed E-state index contributed by atoms with van der Waals surface area (Å²) in [6.07, 6.45) is 0. The number of carbonyl (C=O) groups excluding carboxylic acids is 1. The molecule has 0 radical (unpaired) electrons. The predicted octanol–water partition coefficient (Wildman–Crippen LogP) is 6.68.